The first-order valence-corrected chi connectivity index (χ1v) is 3.33. The Morgan fingerprint density at radius 3 is 2.75 bits per heavy atom. The maximum absolute atomic E-state index is 12.5. The maximum Gasteiger partial charge on any atom is 0.308 e. The van der Waals surface area contributed by atoms with E-state index in [1.165, 1.54) is 19.1 Å². The van der Waals surface area contributed by atoms with Crippen LogP contribution < -0.4 is 10.2 Å². The molecule has 0 aliphatic rings. The van der Waals surface area contributed by atoms with Crippen molar-refractivity contribution in [3.05, 3.63) is 24.0 Å². The Kier molecular flexibility index (Phi) is 2.48. The van der Waals surface area contributed by atoms with E-state index in [-0.39, 0.29) is 11.2 Å². The molecule has 0 N–H and O–H groups in total. The summed E-state index contributed by atoms with van der Waals surface area (Å²) in [5.74, 6) is -0.749. The van der Waals surface area contributed by atoms with Gasteiger partial charge in [0.25, 0.3) is 0 Å². The third kappa shape index (κ3) is 2.08. The zero-order valence-electron chi connectivity index (χ0n) is 6.50. The Morgan fingerprint density at radius 1 is 1.58 bits per heavy atom. The molecule has 0 bridgehead atoms. The topological polar surface area (TPSA) is 26.3 Å². The maximum atomic E-state index is 12.5. The minimum atomic E-state index is -0.478. The monoisotopic (exact) mass is 164 g/mol. The Bertz CT molecular complexity index is 312. The van der Waals surface area contributed by atoms with Crippen LogP contribution in [0.15, 0.2) is 18.2 Å². The second-order valence-corrected chi connectivity index (χ2v) is 2.28. The standard InChI is InChI=1S/C8H6BFO2/c1-5(11)12-8-3-2-6(10)4-7(8)9/h2-4H,1H3. The van der Waals surface area contributed by atoms with E-state index in [2.05, 4.69) is 4.74 Å². The van der Waals surface area contributed by atoms with Gasteiger partial charge in [-0.25, -0.2) is 4.39 Å². The van der Waals surface area contributed by atoms with Crippen LogP contribution in [0.3, 0.4) is 0 Å². The third-order valence-electron chi connectivity index (χ3n) is 1.23. The van der Waals surface area contributed by atoms with E-state index in [9.17, 15) is 9.18 Å². The summed E-state index contributed by atoms with van der Waals surface area (Å²) in [7, 11) is 5.35. The molecule has 1 rings (SSSR count). The van der Waals surface area contributed by atoms with Crippen LogP contribution in [0.25, 0.3) is 0 Å². The molecule has 0 amide bonds. The van der Waals surface area contributed by atoms with Crippen molar-refractivity contribution in [2.24, 2.45) is 0 Å². The van der Waals surface area contributed by atoms with Gasteiger partial charge < -0.3 is 4.74 Å². The van der Waals surface area contributed by atoms with Crippen molar-refractivity contribution in [2.45, 2.75) is 6.92 Å². The van der Waals surface area contributed by atoms with Crippen LogP contribution in [0.5, 0.6) is 5.75 Å². The van der Waals surface area contributed by atoms with Gasteiger partial charge in [0.05, 0.1) is 0 Å². The van der Waals surface area contributed by atoms with Crippen LogP contribution in [0.1, 0.15) is 6.92 Å². The predicted octanol–water partition coefficient (Wildman–Crippen LogP) is 0.545. The average molecular weight is 164 g/mol. The lowest BCUT2D eigenvalue weighted by Crippen LogP contribution is -2.12. The Hall–Kier alpha value is -1.32. The van der Waals surface area contributed by atoms with Crippen molar-refractivity contribution in [3.8, 4) is 5.75 Å². The molecule has 4 heteroatoms. The number of benzene rings is 1. The summed E-state index contributed by atoms with van der Waals surface area (Å²) >= 11 is 0. The lowest BCUT2D eigenvalue weighted by Gasteiger charge is -2.04. The molecule has 2 radical (unpaired) electrons. The summed E-state index contributed by atoms with van der Waals surface area (Å²) in [6.45, 7) is 1.25. The van der Waals surface area contributed by atoms with Gasteiger partial charge in [0.2, 0.25) is 0 Å². The zero-order chi connectivity index (χ0) is 9.14. The zero-order valence-corrected chi connectivity index (χ0v) is 6.50. The van der Waals surface area contributed by atoms with Gasteiger partial charge >= 0.3 is 5.97 Å². The molecule has 1 aromatic carbocycles. The van der Waals surface area contributed by atoms with E-state index < -0.39 is 11.8 Å². The van der Waals surface area contributed by atoms with Crippen LogP contribution in [0.4, 0.5) is 4.39 Å². The van der Waals surface area contributed by atoms with Crippen molar-refractivity contribution < 1.29 is 13.9 Å². The van der Waals surface area contributed by atoms with E-state index in [1.807, 2.05) is 0 Å². The first-order chi connectivity index (χ1) is 5.59. The average Bonchev–Trinajstić information content (AvgIpc) is 1.94. The highest BCUT2D eigenvalue weighted by Gasteiger charge is 2.02. The van der Waals surface area contributed by atoms with Crippen LogP contribution in [0.2, 0.25) is 0 Å². The first-order valence-electron chi connectivity index (χ1n) is 3.33. The molecular weight excluding hydrogens is 158 g/mol. The minimum absolute atomic E-state index is 0.116. The van der Waals surface area contributed by atoms with Gasteiger partial charge in [-0.15, -0.1) is 0 Å². The van der Waals surface area contributed by atoms with E-state index >= 15 is 0 Å². The molecule has 0 aliphatic carbocycles. The minimum Gasteiger partial charge on any atom is -0.427 e. The third-order valence-corrected chi connectivity index (χ3v) is 1.23. The predicted molar refractivity (Wildman–Crippen MR) is 43.1 cm³/mol. The second-order valence-electron chi connectivity index (χ2n) is 2.28. The van der Waals surface area contributed by atoms with Crippen LogP contribution in [-0.2, 0) is 4.79 Å². The smallest absolute Gasteiger partial charge is 0.308 e. The Balaban J connectivity index is 2.93. The molecule has 0 unspecified atom stereocenters. The fourth-order valence-corrected chi connectivity index (χ4v) is 0.767. The van der Waals surface area contributed by atoms with Crippen molar-refractivity contribution in [1.29, 1.82) is 0 Å². The van der Waals surface area contributed by atoms with Crippen molar-refractivity contribution in [2.75, 3.05) is 0 Å². The summed E-state index contributed by atoms with van der Waals surface area (Å²) in [6.07, 6.45) is 0. The normalized spacial score (nSPS) is 9.50. The molecule has 0 atom stereocenters. The SMILES string of the molecule is [B]c1cc(F)ccc1OC(C)=O. The molecule has 0 aromatic heterocycles. The van der Waals surface area contributed by atoms with Gasteiger partial charge in [-0.2, -0.15) is 0 Å². The number of carbonyl (C=O) groups is 1. The first kappa shape index (κ1) is 8.78. The molecule has 0 heterocycles. The molecule has 0 saturated carbocycles. The summed E-state index contributed by atoms with van der Waals surface area (Å²) in [5, 5.41) is 0. The summed E-state index contributed by atoms with van der Waals surface area (Å²) in [6, 6.07) is 3.58. The van der Waals surface area contributed by atoms with E-state index in [0.29, 0.717) is 0 Å². The van der Waals surface area contributed by atoms with Gasteiger partial charge in [0.1, 0.15) is 19.4 Å². The summed E-state index contributed by atoms with van der Waals surface area (Å²) in [5.41, 5.74) is 0.116. The lowest BCUT2D eigenvalue weighted by atomic mass is 9.95. The Labute approximate surface area is 70.8 Å². The molecule has 60 valence electrons. The van der Waals surface area contributed by atoms with Crippen molar-refractivity contribution >= 4 is 19.3 Å². The molecule has 0 spiro atoms. The number of rotatable bonds is 1. The van der Waals surface area contributed by atoms with Gasteiger partial charge in [-0.3, -0.25) is 4.79 Å². The largest absolute Gasteiger partial charge is 0.427 e. The summed E-state index contributed by atoms with van der Waals surface area (Å²) in [4.78, 5) is 10.5. The number of halogens is 1. The van der Waals surface area contributed by atoms with Gasteiger partial charge in [-0.1, -0.05) is 5.46 Å². The molecule has 2 nitrogen and oxygen atoms in total. The quantitative estimate of drug-likeness (QED) is 0.344. The molecule has 1 aromatic rings. The number of hydrogen-bond acceptors (Lipinski definition) is 2. The number of esters is 1. The number of ether oxygens (including phenoxy) is 1. The van der Waals surface area contributed by atoms with Crippen LogP contribution >= 0.6 is 0 Å². The van der Waals surface area contributed by atoms with E-state index in [1.54, 1.807) is 0 Å². The van der Waals surface area contributed by atoms with Crippen LogP contribution in [-0.4, -0.2) is 13.8 Å². The lowest BCUT2D eigenvalue weighted by molar-refractivity contribution is -0.131. The van der Waals surface area contributed by atoms with E-state index in [0.717, 1.165) is 6.07 Å². The molecule has 0 aliphatic heterocycles. The van der Waals surface area contributed by atoms with Crippen LogP contribution in [0, 0.1) is 5.82 Å². The van der Waals surface area contributed by atoms with Crippen molar-refractivity contribution in [1.82, 2.24) is 0 Å². The number of carbonyl (C=O) groups excluding carboxylic acids is 1. The van der Waals surface area contributed by atoms with Crippen molar-refractivity contribution in [3.63, 3.8) is 0 Å². The highest BCUT2D eigenvalue weighted by Crippen LogP contribution is 2.07. The molecule has 0 saturated heterocycles. The molecule has 12 heavy (non-hydrogen) atoms. The fourth-order valence-electron chi connectivity index (χ4n) is 0.767. The van der Waals surface area contributed by atoms with Gasteiger partial charge in [-0.05, 0) is 18.2 Å². The summed E-state index contributed by atoms with van der Waals surface area (Å²) < 4.78 is 17.1. The number of hydrogen-bond donors (Lipinski definition) is 0. The molecular formula is C8H6BFO2. The molecule has 0 fully saturated rings. The van der Waals surface area contributed by atoms with Gasteiger partial charge in [0, 0.05) is 6.92 Å². The Morgan fingerprint density at radius 2 is 2.25 bits per heavy atom. The second kappa shape index (κ2) is 3.39. The fraction of sp³-hybridized carbons (Fsp3) is 0.125. The van der Waals surface area contributed by atoms with Gasteiger partial charge in [0.15, 0.2) is 0 Å². The van der Waals surface area contributed by atoms with E-state index in [4.69, 9.17) is 7.85 Å². The highest BCUT2D eigenvalue weighted by molar-refractivity contribution is 6.34. The highest BCUT2D eigenvalue weighted by atomic mass is 19.1.